The Morgan fingerprint density at radius 3 is 2.86 bits per heavy atom. The van der Waals surface area contributed by atoms with Gasteiger partial charge >= 0.3 is 0 Å². The summed E-state index contributed by atoms with van der Waals surface area (Å²) in [7, 11) is 0. The van der Waals surface area contributed by atoms with Gasteiger partial charge in [0.2, 0.25) is 5.91 Å². The average Bonchev–Trinajstić information content (AvgIpc) is 3.03. The standard InChI is InChI=1S/C17H20N2O2/c1-2-12-19(13-10-15-6-3-4-11-18-15)17(20)9-8-16-7-5-14-21-16/h3-9,11,14H,2,10,12-13H2,1H3/b9-8-. The number of rotatable bonds is 7. The molecular formula is C17H20N2O2. The van der Waals surface area contributed by atoms with Crippen LogP contribution < -0.4 is 0 Å². The molecule has 0 bridgehead atoms. The maximum absolute atomic E-state index is 12.2. The van der Waals surface area contributed by atoms with Gasteiger partial charge in [-0.1, -0.05) is 13.0 Å². The number of carbonyl (C=O) groups is 1. The zero-order valence-corrected chi connectivity index (χ0v) is 12.2. The number of pyridine rings is 1. The fourth-order valence-electron chi connectivity index (χ4n) is 2.04. The van der Waals surface area contributed by atoms with Crippen LogP contribution in [-0.4, -0.2) is 28.9 Å². The van der Waals surface area contributed by atoms with E-state index in [1.807, 2.05) is 29.2 Å². The third-order valence-electron chi connectivity index (χ3n) is 3.10. The maximum Gasteiger partial charge on any atom is 0.246 e. The summed E-state index contributed by atoms with van der Waals surface area (Å²) in [5.41, 5.74) is 1.00. The van der Waals surface area contributed by atoms with Gasteiger partial charge in [-0.25, -0.2) is 0 Å². The van der Waals surface area contributed by atoms with Crippen molar-refractivity contribution < 1.29 is 9.21 Å². The fraction of sp³-hybridized carbons (Fsp3) is 0.294. The second-order valence-corrected chi connectivity index (χ2v) is 4.75. The quantitative estimate of drug-likeness (QED) is 0.734. The molecular weight excluding hydrogens is 264 g/mol. The molecule has 0 aliphatic carbocycles. The molecule has 0 fully saturated rings. The Morgan fingerprint density at radius 1 is 1.29 bits per heavy atom. The van der Waals surface area contributed by atoms with Gasteiger partial charge in [-0.15, -0.1) is 0 Å². The van der Waals surface area contributed by atoms with Gasteiger partial charge in [-0.05, 0) is 36.8 Å². The normalized spacial score (nSPS) is 10.9. The first kappa shape index (κ1) is 15.0. The molecule has 110 valence electrons. The van der Waals surface area contributed by atoms with E-state index < -0.39 is 0 Å². The fourth-order valence-corrected chi connectivity index (χ4v) is 2.04. The van der Waals surface area contributed by atoms with Crippen molar-refractivity contribution in [2.45, 2.75) is 19.8 Å². The van der Waals surface area contributed by atoms with Crippen molar-refractivity contribution in [2.24, 2.45) is 0 Å². The Balaban J connectivity index is 1.92. The van der Waals surface area contributed by atoms with Gasteiger partial charge in [-0.3, -0.25) is 9.78 Å². The molecule has 0 N–H and O–H groups in total. The largest absolute Gasteiger partial charge is 0.465 e. The van der Waals surface area contributed by atoms with E-state index in [1.165, 1.54) is 0 Å². The van der Waals surface area contributed by atoms with Crippen molar-refractivity contribution in [3.8, 4) is 0 Å². The van der Waals surface area contributed by atoms with E-state index in [9.17, 15) is 4.79 Å². The zero-order chi connectivity index (χ0) is 14.9. The van der Waals surface area contributed by atoms with Gasteiger partial charge < -0.3 is 9.32 Å². The Morgan fingerprint density at radius 2 is 2.19 bits per heavy atom. The van der Waals surface area contributed by atoms with Gasteiger partial charge in [-0.2, -0.15) is 0 Å². The second kappa shape index (κ2) is 8.04. The SMILES string of the molecule is CCCN(CCc1ccccn1)C(=O)/C=C\c1ccco1. The van der Waals surface area contributed by atoms with E-state index in [1.54, 1.807) is 30.7 Å². The van der Waals surface area contributed by atoms with Crippen LogP contribution in [0.3, 0.4) is 0 Å². The van der Waals surface area contributed by atoms with E-state index in [0.29, 0.717) is 12.3 Å². The average molecular weight is 284 g/mol. The van der Waals surface area contributed by atoms with Crippen LogP contribution in [0.1, 0.15) is 24.8 Å². The molecule has 0 spiro atoms. The molecule has 21 heavy (non-hydrogen) atoms. The number of aromatic nitrogens is 1. The summed E-state index contributed by atoms with van der Waals surface area (Å²) >= 11 is 0. The highest BCUT2D eigenvalue weighted by Crippen LogP contribution is 2.05. The molecule has 4 heteroatoms. The Labute approximate surface area is 125 Å². The molecule has 0 saturated carbocycles. The molecule has 0 aliphatic rings. The van der Waals surface area contributed by atoms with Gasteiger partial charge in [0.05, 0.1) is 6.26 Å². The first-order chi connectivity index (χ1) is 10.3. The van der Waals surface area contributed by atoms with Crippen LogP contribution in [-0.2, 0) is 11.2 Å². The van der Waals surface area contributed by atoms with Gasteiger partial charge in [0, 0.05) is 37.5 Å². The van der Waals surface area contributed by atoms with E-state index in [4.69, 9.17) is 4.42 Å². The van der Waals surface area contributed by atoms with Crippen molar-refractivity contribution in [2.75, 3.05) is 13.1 Å². The molecule has 2 heterocycles. The van der Waals surface area contributed by atoms with Crippen LogP contribution in [0.15, 0.2) is 53.3 Å². The van der Waals surface area contributed by atoms with Crippen molar-refractivity contribution in [3.63, 3.8) is 0 Å². The Bertz CT molecular complexity index is 562. The Hall–Kier alpha value is -2.36. The minimum atomic E-state index is 0.00387. The van der Waals surface area contributed by atoms with Gasteiger partial charge in [0.25, 0.3) is 0 Å². The number of hydrogen-bond acceptors (Lipinski definition) is 3. The minimum Gasteiger partial charge on any atom is -0.465 e. The second-order valence-electron chi connectivity index (χ2n) is 4.75. The summed E-state index contributed by atoms with van der Waals surface area (Å²) in [5, 5.41) is 0. The first-order valence-corrected chi connectivity index (χ1v) is 7.20. The summed E-state index contributed by atoms with van der Waals surface area (Å²) < 4.78 is 5.19. The minimum absolute atomic E-state index is 0.00387. The molecule has 2 aromatic rings. The summed E-state index contributed by atoms with van der Waals surface area (Å²) in [6, 6.07) is 9.46. The van der Waals surface area contributed by atoms with E-state index in [2.05, 4.69) is 11.9 Å². The molecule has 0 saturated heterocycles. The predicted molar refractivity (Wildman–Crippen MR) is 82.6 cm³/mol. The van der Waals surface area contributed by atoms with E-state index in [0.717, 1.165) is 25.1 Å². The molecule has 1 amide bonds. The van der Waals surface area contributed by atoms with Crippen LogP contribution in [0, 0.1) is 0 Å². The van der Waals surface area contributed by atoms with E-state index in [-0.39, 0.29) is 5.91 Å². The smallest absolute Gasteiger partial charge is 0.246 e. The lowest BCUT2D eigenvalue weighted by Gasteiger charge is -2.20. The van der Waals surface area contributed by atoms with Crippen LogP contribution >= 0.6 is 0 Å². The lowest BCUT2D eigenvalue weighted by molar-refractivity contribution is -0.126. The number of nitrogens with zero attached hydrogens (tertiary/aromatic N) is 2. The summed E-state index contributed by atoms with van der Waals surface area (Å²) in [4.78, 5) is 18.4. The van der Waals surface area contributed by atoms with Crippen molar-refractivity contribution in [1.29, 1.82) is 0 Å². The topological polar surface area (TPSA) is 46.3 Å². The molecule has 4 nitrogen and oxygen atoms in total. The monoisotopic (exact) mass is 284 g/mol. The molecule has 2 rings (SSSR count). The highest BCUT2D eigenvalue weighted by Gasteiger charge is 2.10. The highest BCUT2D eigenvalue weighted by molar-refractivity contribution is 5.91. The van der Waals surface area contributed by atoms with Gasteiger partial charge in [0.15, 0.2) is 0 Å². The van der Waals surface area contributed by atoms with Crippen molar-refractivity contribution in [1.82, 2.24) is 9.88 Å². The van der Waals surface area contributed by atoms with Crippen LogP contribution in [0.25, 0.3) is 6.08 Å². The van der Waals surface area contributed by atoms with Crippen molar-refractivity contribution in [3.05, 3.63) is 60.3 Å². The number of amides is 1. The molecule has 0 atom stereocenters. The van der Waals surface area contributed by atoms with Crippen LogP contribution in [0.2, 0.25) is 0 Å². The lowest BCUT2D eigenvalue weighted by atomic mass is 10.2. The number of furan rings is 1. The number of hydrogen-bond donors (Lipinski definition) is 0. The first-order valence-electron chi connectivity index (χ1n) is 7.20. The third-order valence-corrected chi connectivity index (χ3v) is 3.10. The van der Waals surface area contributed by atoms with Crippen LogP contribution in [0.5, 0.6) is 0 Å². The molecule has 0 aliphatic heterocycles. The molecule has 0 radical (unpaired) electrons. The third kappa shape index (κ3) is 4.91. The highest BCUT2D eigenvalue weighted by atomic mass is 16.3. The Kier molecular flexibility index (Phi) is 5.76. The van der Waals surface area contributed by atoms with Crippen molar-refractivity contribution >= 4 is 12.0 Å². The molecule has 0 aromatic carbocycles. The predicted octanol–water partition coefficient (Wildman–Crippen LogP) is 3.17. The van der Waals surface area contributed by atoms with Crippen LogP contribution in [0.4, 0.5) is 0 Å². The summed E-state index contributed by atoms with van der Waals surface area (Å²) in [6.45, 7) is 3.48. The summed E-state index contributed by atoms with van der Waals surface area (Å²) in [6.07, 6.45) is 8.33. The zero-order valence-electron chi connectivity index (χ0n) is 12.2. The van der Waals surface area contributed by atoms with E-state index >= 15 is 0 Å². The number of carbonyl (C=O) groups excluding carboxylic acids is 1. The molecule has 2 aromatic heterocycles. The summed E-state index contributed by atoms with van der Waals surface area (Å²) in [5.74, 6) is 0.689. The lowest BCUT2D eigenvalue weighted by Crippen LogP contribution is -2.32. The maximum atomic E-state index is 12.2. The molecule has 0 unspecified atom stereocenters. The van der Waals surface area contributed by atoms with Gasteiger partial charge in [0.1, 0.15) is 5.76 Å².